The number of ether oxygens (including phenoxy) is 1. The zero-order valence-electron chi connectivity index (χ0n) is 12.2. The number of halogens is 1. The highest BCUT2D eigenvalue weighted by Gasteiger charge is 2.13. The Kier molecular flexibility index (Phi) is 6.81. The van der Waals surface area contributed by atoms with Gasteiger partial charge < -0.3 is 15.4 Å². The lowest BCUT2D eigenvalue weighted by Gasteiger charge is -2.28. The highest BCUT2D eigenvalue weighted by Crippen LogP contribution is 2.23. The van der Waals surface area contributed by atoms with Crippen LogP contribution in [-0.2, 0) is 11.2 Å². The molecule has 0 bridgehead atoms. The van der Waals surface area contributed by atoms with Crippen molar-refractivity contribution in [1.82, 2.24) is 0 Å². The minimum atomic E-state index is -0.205. The van der Waals surface area contributed by atoms with Gasteiger partial charge in [0.05, 0.1) is 6.61 Å². The third kappa shape index (κ3) is 5.17. The molecule has 0 spiro atoms. The minimum Gasteiger partial charge on any atom is -0.383 e. The number of hydrogen-bond acceptors (Lipinski definition) is 3. The number of benzene rings is 1. The average Bonchev–Trinajstić information content (AvgIpc) is 2.35. The van der Waals surface area contributed by atoms with Crippen LogP contribution >= 0.6 is 0 Å². The largest absolute Gasteiger partial charge is 0.383 e. The molecule has 1 aromatic rings. The first-order chi connectivity index (χ1) is 9.08. The molecule has 1 rings (SSSR count). The molecule has 108 valence electrons. The maximum Gasteiger partial charge on any atom is 0.123 e. The summed E-state index contributed by atoms with van der Waals surface area (Å²) in [6, 6.07) is 4.94. The van der Waals surface area contributed by atoms with Crippen molar-refractivity contribution in [2.24, 2.45) is 11.7 Å². The molecule has 0 radical (unpaired) electrons. The summed E-state index contributed by atoms with van der Waals surface area (Å²) in [5, 5.41) is 0. The van der Waals surface area contributed by atoms with E-state index in [9.17, 15) is 4.39 Å². The Balaban J connectivity index is 2.98. The lowest BCUT2D eigenvalue weighted by atomic mass is 10.1. The quantitative estimate of drug-likeness (QED) is 0.787. The second kappa shape index (κ2) is 8.12. The Morgan fingerprint density at radius 3 is 2.68 bits per heavy atom. The van der Waals surface area contributed by atoms with Gasteiger partial charge in [0.25, 0.3) is 0 Å². The van der Waals surface area contributed by atoms with Crippen LogP contribution in [0.25, 0.3) is 0 Å². The Morgan fingerprint density at radius 1 is 1.37 bits per heavy atom. The molecule has 0 aromatic heterocycles. The number of nitrogens with two attached hydrogens (primary N) is 1. The van der Waals surface area contributed by atoms with Crippen LogP contribution in [-0.4, -0.2) is 33.4 Å². The van der Waals surface area contributed by atoms with Crippen molar-refractivity contribution in [2.75, 3.05) is 38.3 Å². The van der Waals surface area contributed by atoms with Gasteiger partial charge in [-0.2, -0.15) is 0 Å². The van der Waals surface area contributed by atoms with E-state index in [4.69, 9.17) is 10.5 Å². The number of hydrogen-bond donors (Lipinski definition) is 1. The predicted molar refractivity (Wildman–Crippen MR) is 78.1 cm³/mol. The predicted octanol–water partition coefficient (Wildman–Crippen LogP) is 2.44. The SMILES string of the molecule is COCCN(CC(C)C)c1ccc(F)cc1CCN. The molecular formula is C15H25FN2O. The third-order valence-corrected chi connectivity index (χ3v) is 2.95. The molecule has 2 N–H and O–H groups in total. The standard InChI is InChI=1S/C15H25FN2O/c1-12(2)11-18(8-9-19-3)15-5-4-14(16)10-13(15)6-7-17/h4-5,10,12H,6-9,11,17H2,1-3H3. The van der Waals surface area contributed by atoms with Crippen LogP contribution in [0.5, 0.6) is 0 Å². The molecule has 4 heteroatoms. The zero-order valence-corrected chi connectivity index (χ0v) is 12.2. The molecule has 0 aliphatic heterocycles. The van der Waals surface area contributed by atoms with Crippen molar-refractivity contribution < 1.29 is 9.13 Å². The Labute approximate surface area is 115 Å². The van der Waals surface area contributed by atoms with Crippen LogP contribution in [0.4, 0.5) is 10.1 Å². The van der Waals surface area contributed by atoms with Gasteiger partial charge in [-0.25, -0.2) is 4.39 Å². The molecule has 0 saturated carbocycles. The van der Waals surface area contributed by atoms with Crippen LogP contribution in [0.15, 0.2) is 18.2 Å². The molecule has 0 aliphatic rings. The zero-order chi connectivity index (χ0) is 14.3. The normalized spacial score (nSPS) is 11.1. The van der Waals surface area contributed by atoms with Gasteiger partial charge in [-0.1, -0.05) is 13.8 Å². The van der Waals surface area contributed by atoms with Gasteiger partial charge in [-0.3, -0.25) is 0 Å². The smallest absolute Gasteiger partial charge is 0.123 e. The monoisotopic (exact) mass is 268 g/mol. The van der Waals surface area contributed by atoms with E-state index in [0.29, 0.717) is 25.5 Å². The topological polar surface area (TPSA) is 38.5 Å². The Morgan fingerprint density at radius 2 is 2.11 bits per heavy atom. The van der Waals surface area contributed by atoms with Crippen LogP contribution in [0, 0.1) is 11.7 Å². The molecule has 0 heterocycles. The second-order valence-electron chi connectivity index (χ2n) is 5.14. The van der Waals surface area contributed by atoms with Gasteiger partial charge >= 0.3 is 0 Å². The molecule has 0 aliphatic carbocycles. The fourth-order valence-electron chi connectivity index (χ4n) is 2.17. The molecule has 1 aromatic carbocycles. The summed E-state index contributed by atoms with van der Waals surface area (Å²) in [5.74, 6) is 0.330. The fraction of sp³-hybridized carbons (Fsp3) is 0.600. The lowest BCUT2D eigenvalue weighted by Crippen LogP contribution is -2.32. The van der Waals surface area contributed by atoms with Gasteiger partial charge in [0.2, 0.25) is 0 Å². The van der Waals surface area contributed by atoms with Crippen molar-refractivity contribution in [1.29, 1.82) is 0 Å². The van der Waals surface area contributed by atoms with Crippen LogP contribution in [0.3, 0.4) is 0 Å². The van der Waals surface area contributed by atoms with E-state index in [1.165, 1.54) is 6.07 Å². The molecular weight excluding hydrogens is 243 g/mol. The molecule has 0 saturated heterocycles. The van der Waals surface area contributed by atoms with E-state index in [0.717, 1.165) is 24.3 Å². The van der Waals surface area contributed by atoms with Crippen LogP contribution in [0.2, 0.25) is 0 Å². The van der Waals surface area contributed by atoms with E-state index in [2.05, 4.69) is 18.7 Å². The van der Waals surface area contributed by atoms with E-state index in [1.807, 2.05) is 6.07 Å². The van der Waals surface area contributed by atoms with Crippen molar-refractivity contribution in [2.45, 2.75) is 20.3 Å². The highest BCUT2D eigenvalue weighted by molar-refractivity contribution is 5.54. The molecule has 0 unspecified atom stereocenters. The Hall–Kier alpha value is -1.13. The summed E-state index contributed by atoms with van der Waals surface area (Å²) in [7, 11) is 1.69. The van der Waals surface area contributed by atoms with Gasteiger partial charge in [0, 0.05) is 25.9 Å². The minimum absolute atomic E-state index is 0.205. The van der Waals surface area contributed by atoms with E-state index < -0.39 is 0 Å². The van der Waals surface area contributed by atoms with Crippen molar-refractivity contribution >= 4 is 5.69 Å². The molecule has 0 amide bonds. The number of nitrogens with zero attached hydrogens (tertiary/aromatic N) is 1. The molecule has 19 heavy (non-hydrogen) atoms. The summed E-state index contributed by atoms with van der Waals surface area (Å²) in [6.45, 7) is 7.25. The maximum atomic E-state index is 13.4. The first-order valence-electron chi connectivity index (χ1n) is 6.80. The first-order valence-corrected chi connectivity index (χ1v) is 6.80. The summed E-state index contributed by atoms with van der Waals surface area (Å²) in [6.07, 6.45) is 0.689. The fourth-order valence-corrected chi connectivity index (χ4v) is 2.17. The molecule has 0 fully saturated rings. The number of methoxy groups -OCH3 is 1. The number of rotatable bonds is 8. The Bertz CT molecular complexity index is 382. The second-order valence-corrected chi connectivity index (χ2v) is 5.14. The van der Waals surface area contributed by atoms with Crippen molar-refractivity contribution in [3.05, 3.63) is 29.6 Å². The summed E-state index contributed by atoms with van der Waals surface area (Å²) >= 11 is 0. The van der Waals surface area contributed by atoms with Gasteiger partial charge in [-0.15, -0.1) is 0 Å². The van der Waals surface area contributed by atoms with E-state index in [-0.39, 0.29) is 5.82 Å². The number of anilines is 1. The third-order valence-electron chi connectivity index (χ3n) is 2.95. The van der Waals surface area contributed by atoms with Gasteiger partial charge in [0.1, 0.15) is 5.82 Å². The molecule has 3 nitrogen and oxygen atoms in total. The van der Waals surface area contributed by atoms with Crippen LogP contribution < -0.4 is 10.6 Å². The van der Waals surface area contributed by atoms with Crippen LogP contribution in [0.1, 0.15) is 19.4 Å². The van der Waals surface area contributed by atoms with Gasteiger partial charge in [0.15, 0.2) is 0 Å². The summed E-state index contributed by atoms with van der Waals surface area (Å²) < 4.78 is 18.5. The summed E-state index contributed by atoms with van der Waals surface area (Å²) in [4.78, 5) is 2.25. The van der Waals surface area contributed by atoms with E-state index in [1.54, 1.807) is 13.2 Å². The maximum absolute atomic E-state index is 13.4. The lowest BCUT2D eigenvalue weighted by molar-refractivity contribution is 0.204. The van der Waals surface area contributed by atoms with E-state index >= 15 is 0 Å². The van der Waals surface area contributed by atoms with Crippen molar-refractivity contribution in [3.63, 3.8) is 0 Å². The molecule has 0 atom stereocenters. The summed E-state index contributed by atoms with van der Waals surface area (Å²) in [5.41, 5.74) is 7.65. The average molecular weight is 268 g/mol. The van der Waals surface area contributed by atoms with Crippen molar-refractivity contribution in [3.8, 4) is 0 Å². The van der Waals surface area contributed by atoms with Gasteiger partial charge in [-0.05, 0) is 42.6 Å². The first kappa shape index (κ1) is 15.9. The highest BCUT2D eigenvalue weighted by atomic mass is 19.1.